The fourth-order valence-electron chi connectivity index (χ4n) is 1.54. The highest BCUT2D eigenvalue weighted by Crippen LogP contribution is 2.27. The molecule has 0 atom stereocenters. The van der Waals surface area contributed by atoms with Crippen LogP contribution < -0.4 is 4.74 Å². The Kier molecular flexibility index (Phi) is 4.24. The Hall–Kier alpha value is -1.78. The summed E-state index contributed by atoms with van der Waals surface area (Å²) in [6.07, 6.45) is 0. The van der Waals surface area contributed by atoms with Crippen molar-refractivity contribution in [2.24, 2.45) is 0 Å². The van der Waals surface area contributed by atoms with Crippen molar-refractivity contribution in [3.63, 3.8) is 0 Å². The van der Waals surface area contributed by atoms with Gasteiger partial charge in [0.05, 0.1) is 20.5 Å². The van der Waals surface area contributed by atoms with E-state index in [2.05, 4.69) is 0 Å². The number of rotatable bonds is 4. The summed E-state index contributed by atoms with van der Waals surface area (Å²) in [5.41, 5.74) is 0.529. The first kappa shape index (κ1) is 13.6. The Morgan fingerprint density at radius 1 is 1.11 bits per heavy atom. The number of hydrogen-bond donors (Lipinski definition) is 0. The quantitative estimate of drug-likeness (QED) is 0.617. The summed E-state index contributed by atoms with van der Waals surface area (Å²) in [6, 6.07) is 11.3. The van der Waals surface area contributed by atoms with Crippen LogP contribution in [0.4, 0.5) is 5.69 Å². The molecular formula is C13H9Cl2NO3. The van der Waals surface area contributed by atoms with Gasteiger partial charge in [0.15, 0.2) is 0 Å². The molecule has 0 N–H and O–H groups in total. The Morgan fingerprint density at radius 3 is 2.53 bits per heavy atom. The van der Waals surface area contributed by atoms with Crippen LogP contribution in [0.2, 0.25) is 10.0 Å². The van der Waals surface area contributed by atoms with Gasteiger partial charge in [-0.1, -0.05) is 35.3 Å². The minimum Gasteiger partial charge on any atom is -0.489 e. The van der Waals surface area contributed by atoms with Gasteiger partial charge in [-0.2, -0.15) is 0 Å². The number of nitro groups is 1. The third-order valence-corrected chi connectivity index (χ3v) is 3.21. The lowest BCUT2D eigenvalue weighted by Crippen LogP contribution is -2.00. The van der Waals surface area contributed by atoms with Gasteiger partial charge in [-0.15, -0.1) is 0 Å². The minimum absolute atomic E-state index is 0.0301. The SMILES string of the molecule is O=[N+]([O-])c1ccccc1COc1ccc(Cl)c(Cl)c1. The van der Waals surface area contributed by atoms with Crippen LogP contribution in [0, 0.1) is 10.1 Å². The van der Waals surface area contributed by atoms with Gasteiger partial charge in [0.2, 0.25) is 0 Å². The molecule has 98 valence electrons. The van der Waals surface area contributed by atoms with Crippen molar-refractivity contribution in [2.75, 3.05) is 0 Å². The van der Waals surface area contributed by atoms with Crippen LogP contribution in [0.5, 0.6) is 5.75 Å². The minimum atomic E-state index is -0.437. The second-order valence-electron chi connectivity index (χ2n) is 3.75. The summed E-state index contributed by atoms with van der Waals surface area (Å²) < 4.78 is 5.47. The third kappa shape index (κ3) is 3.36. The smallest absolute Gasteiger partial charge is 0.276 e. The van der Waals surface area contributed by atoms with Crippen molar-refractivity contribution in [3.8, 4) is 5.75 Å². The molecule has 0 spiro atoms. The van der Waals surface area contributed by atoms with Crippen molar-refractivity contribution in [1.82, 2.24) is 0 Å². The molecule has 2 aromatic carbocycles. The summed E-state index contributed by atoms with van der Waals surface area (Å²) in [4.78, 5) is 10.4. The van der Waals surface area contributed by atoms with Crippen LogP contribution >= 0.6 is 23.2 Å². The third-order valence-electron chi connectivity index (χ3n) is 2.47. The molecule has 6 heteroatoms. The van der Waals surface area contributed by atoms with Crippen molar-refractivity contribution in [1.29, 1.82) is 0 Å². The summed E-state index contributed by atoms with van der Waals surface area (Å²) in [5.74, 6) is 0.507. The molecule has 0 aliphatic carbocycles. The largest absolute Gasteiger partial charge is 0.489 e. The van der Waals surface area contributed by atoms with Crippen LogP contribution in [-0.2, 0) is 6.61 Å². The maximum atomic E-state index is 10.8. The lowest BCUT2D eigenvalue weighted by atomic mass is 10.2. The predicted molar refractivity (Wildman–Crippen MR) is 73.9 cm³/mol. The first-order chi connectivity index (χ1) is 9.08. The molecule has 2 rings (SSSR count). The van der Waals surface area contributed by atoms with E-state index in [4.69, 9.17) is 27.9 Å². The van der Waals surface area contributed by atoms with Crippen LogP contribution in [-0.4, -0.2) is 4.92 Å². The fraction of sp³-hybridized carbons (Fsp3) is 0.0769. The lowest BCUT2D eigenvalue weighted by Gasteiger charge is -2.07. The van der Waals surface area contributed by atoms with Gasteiger partial charge in [0.25, 0.3) is 5.69 Å². The summed E-state index contributed by atoms with van der Waals surface area (Å²) in [7, 11) is 0. The van der Waals surface area contributed by atoms with E-state index >= 15 is 0 Å². The molecule has 2 aromatic rings. The lowest BCUT2D eigenvalue weighted by molar-refractivity contribution is -0.385. The number of nitrogens with zero attached hydrogens (tertiary/aromatic N) is 1. The van der Waals surface area contributed by atoms with E-state index in [1.807, 2.05) is 0 Å². The highest BCUT2D eigenvalue weighted by atomic mass is 35.5. The molecule has 0 aliphatic heterocycles. The van der Waals surface area contributed by atoms with Crippen molar-refractivity contribution >= 4 is 28.9 Å². The van der Waals surface area contributed by atoms with E-state index in [0.29, 0.717) is 21.4 Å². The van der Waals surface area contributed by atoms with E-state index in [-0.39, 0.29) is 12.3 Å². The normalized spacial score (nSPS) is 10.2. The number of para-hydroxylation sites is 1. The van der Waals surface area contributed by atoms with Crippen LogP contribution in [0.1, 0.15) is 5.56 Å². The van der Waals surface area contributed by atoms with Gasteiger partial charge < -0.3 is 4.74 Å². The Labute approximate surface area is 119 Å². The average molecular weight is 298 g/mol. The van der Waals surface area contributed by atoms with Crippen molar-refractivity contribution in [3.05, 3.63) is 68.2 Å². The monoisotopic (exact) mass is 297 g/mol. The topological polar surface area (TPSA) is 52.4 Å². The van der Waals surface area contributed by atoms with Gasteiger partial charge in [0.1, 0.15) is 12.4 Å². The van der Waals surface area contributed by atoms with Crippen LogP contribution in [0.3, 0.4) is 0 Å². The number of halogens is 2. The molecule has 0 aromatic heterocycles. The van der Waals surface area contributed by atoms with Crippen LogP contribution in [0.15, 0.2) is 42.5 Å². The first-order valence-electron chi connectivity index (χ1n) is 5.38. The summed E-state index contributed by atoms with van der Waals surface area (Å²) >= 11 is 11.6. The zero-order chi connectivity index (χ0) is 13.8. The zero-order valence-corrected chi connectivity index (χ0v) is 11.2. The highest BCUT2D eigenvalue weighted by Gasteiger charge is 2.12. The molecule has 0 heterocycles. The Balaban J connectivity index is 2.14. The summed E-state index contributed by atoms with van der Waals surface area (Å²) in [6.45, 7) is 0.0924. The van der Waals surface area contributed by atoms with E-state index in [1.54, 1.807) is 36.4 Å². The fourth-order valence-corrected chi connectivity index (χ4v) is 1.83. The van der Waals surface area contributed by atoms with E-state index in [1.165, 1.54) is 6.07 Å². The van der Waals surface area contributed by atoms with Crippen molar-refractivity contribution < 1.29 is 9.66 Å². The number of ether oxygens (including phenoxy) is 1. The zero-order valence-electron chi connectivity index (χ0n) is 9.68. The van der Waals surface area contributed by atoms with Gasteiger partial charge in [-0.05, 0) is 18.2 Å². The number of nitro benzene ring substituents is 1. The molecular weight excluding hydrogens is 289 g/mol. The molecule has 19 heavy (non-hydrogen) atoms. The molecule has 0 bridgehead atoms. The van der Waals surface area contributed by atoms with Crippen LogP contribution in [0.25, 0.3) is 0 Å². The van der Waals surface area contributed by atoms with Gasteiger partial charge in [0, 0.05) is 12.1 Å². The van der Waals surface area contributed by atoms with Gasteiger partial charge in [-0.25, -0.2) is 0 Å². The Bertz CT molecular complexity index is 617. The highest BCUT2D eigenvalue weighted by molar-refractivity contribution is 6.42. The van der Waals surface area contributed by atoms with Gasteiger partial charge >= 0.3 is 0 Å². The van der Waals surface area contributed by atoms with E-state index in [0.717, 1.165) is 0 Å². The molecule has 0 unspecified atom stereocenters. The number of hydrogen-bond acceptors (Lipinski definition) is 3. The molecule has 0 aliphatic rings. The van der Waals surface area contributed by atoms with E-state index in [9.17, 15) is 10.1 Å². The second-order valence-corrected chi connectivity index (χ2v) is 4.56. The molecule has 0 radical (unpaired) electrons. The van der Waals surface area contributed by atoms with E-state index < -0.39 is 4.92 Å². The molecule has 4 nitrogen and oxygen atoms in total. The molecule has 0 saturated carbocycles. The molecule has 0 saturated heterocycles. The molecule has 0 fully saturated rings. The maximum Gasteiger partial charge on any atom is 0.276 e. The predicted octanol–water partition coefficient (Wildman–Crippen LogP) is 4.48. The Morgan fingerprint density at radius 2 is 1.84 bits per heavy atom. The average Bonchev–Trinajstić information content (AvgIpc) is 2.40. The van der Waals surface area contributed by atoms with Gasteiger partial charge in [-0.3, -0.25) is 10.1 Å². The maximum absolute atomic E-state index is 10.8. The van der Waals surface area contributed by atoms with Crippen molar-refractivity contribution in [2.45, 2.75) is 6.61 Å². The molecule has 0 amide bonds. The standard InChI is InChI=1S/C13H9Cl2NO3/c14-11-6-5-10(7-12(11)15)19-8-9-3-1-2-4-13(9)16(17)18/h1-7H,8H2. The summed E-state index contributed by atoms with van der Waals surface area (Å²) in [5, 5.41) is 11.7. The first-order valence-corrected chi connectivity index (χ1v) is 6.13. The second kappa shape index (κ2) is 5.91. The number of benzene rings is 2.